The van der Waals surface area contributed by atoms with Gasteiger partial charge in [0, 0.05) is 0 Å². The topological polar surface area (TPSA) is 0 Å². The fraction of sp³-hybridized carbons (Fsp3) is 0.583. The van der Waals surface area contributed by atoms with Crippen molar-refractivity contribution in [1.82, 2.24) is 0 Å². The number of hydrogen-bond acceptors (Lipinski definition) is 0. The van der Waals surface area contributed by atoms with E-state index in [0.717, 1.165) is 0 Å². The van der Waals surface area contributed by atoms with Crippen LogP contribution in [0, 0.1) is 6.42 Å². The van der Waals surface area contributed by atoms with Gasteiger partial charge >= 0.3 is 0 Å². The highest BCUT2D eigenvalue weighted by Gasteiger charge is 2.01. The molecule has 0 unspecified atom stereocenters. The van der Waals surface area contributed by atoms with Crippen molar-refractivity contribution in [2.45, 2.75) is 46.0 Å². The summed E-state index contributed by atoms with van der Waals surface area (Å²) in [4.78, 5) is 0. The van der Waals surface area contributed by atoms with E-state index in [4.69, 9.17) is 0 Å². The Morgan fingerprint density at radius 1 is 1.42 bits per heavy atom. The summed E-state index contributed by atoms with van der Waals surface area (Å²) in [6.07, 6.45) is 13.4. The maximum atomic E-state index is 2.42. The van der Waals surface area contributed by atoms with Gasteiger partial charge in [0.1, 0.15) is 0 Å². The Hall–Kier alpha value is -0.520. The summed E-state index contributed by atoms with van der Waals surface area (Å²) in [7, 11) is 0. The normalized spacial score (nSPS) is 17.0. The minimum Gasteiger partial charge on any atom is -0.0856 e. The molecule has 0 nitrogen and oxygen atoms in total. The first-order valence-corrected chi connectivity index (χ1v) is 4.92. The predicted molar refractivity (Wildman–Crippen MR) is 54.9 cm³/mol. The lowest BCUT2D eigenvalue weighted by molar-refractivity contribution is 0.800. The van der Waals surface area contributed by atoms with Gasteiger partial charge in [0.15, 0.2) is 0 Å². The van der Waals surface area contributed by atoms with Gasteiger partial charge in [-0.15, -0.1) is 0 Å². The summed E-state index contributed by atoms with van der Waals surface area (Å²) >= 11 is 0. The number of allylic oxidation sites excluding steroid dienone is 4. The van der Waals surface area contributed by atoms with Crippen molar-refractivity contribution in [2.75, 3.05) is 0 Å². The van der Waals surface area contributed by atoms with E-state index in [9.17, 15) is 0 Å². The third-order valence-corrected chi connectivity index (χ3v) is 2.23. The largest absolute Gasteiger partial charge is 0.0856 e. The Bertz CT molecular complexity index is 180. The second kappa shape index (κ2) is 5.18. The molecule has 0 aliphatic heterocycles. The van der Waals surface area contributed by atoms with Crippen LogP contribution in [0.4, 0.5) is 0 Å². The Morgan fingerprint density at radius 2 is 2.25 bits per heavy atom. The van der Waals surface area contributed by atoms with Gasteiger partial charge in [-0.25, -0.2) is 0 Å². The summed E-state index contributed by atoms with van der Waals surface area (Å²) in [5.74, 6) is 0. The molecule has 0 heteroatoms. The molecule has 12 heavy (non-hydrogen) atoms. The van der Waals surface area contributed by atoms with Crippen LogP contribution in [0.15, 0.2) is 23.3 Å². The Balaban J connectivity index is 2.22. The lowest BCUT2D eigenvalue weighted by Gasteiger charge is -2.10. The van der Waals surface area contributed by atoms with Gasteiger partial charge in [-0.2, -0.15) is 0 Å². The average Bonchev–Trinajstić information content (AvgIpc) is 2.05. The minimum absolute atomic E-state index is 1.22. The second-order valence-corrected chi connectivity index (χ2v) is 3.75. The molecular weight excluding hydrogens is 144 g/mol. The maximum absolute atomic E-state index is 2.42. The number of rotatable bonds is 3. The van der Waals surface area contributed by atoms with Gasteiger partial charge in [0.25, 0.3) is 0 Å². The van der Waals surface area contributed by atoms with Crippen LogP contribution < -0.4 is 0 Å². The zero-order valence-electron chi connectivity index (χ0n) is 8.27. The van der Waals surface area contributed by atoms with E-state index in [1.54, 1.807) is 5.57 Å². The van der Waals surface area contributed by atoms with Gasteiger partial charge in [0.05, 0.1) is 0 Å². The molecule has 0 amide bonds. The zero-order chi connectivity index (χ0) is 8.81. The van der Waals surface area contributed by atoms with E-state index in [1.165, 1.54) is 37.7 Å². The van der Waals surface area contributed by atoms with Crippen molar-refractivity contribution >= 4 is 0 Å². The van der Waals surface area contributed by atoms with Gasteiger partial charge in [-0.3, -0.25) is 0 Å². The standard InChI is InChI=1S/C12H19/c1-11(2)7-6-10-12-8-4-3-5-9-12/h4,7,9H,3,5-6,8,10H2,1-2H3. The van der Waals surface area contributed by atoms with E-state index in [-0.39, 0.29) is 0 Å². The molecule has 1 rings (SSSR count). The molecule has 0 aromatic carbocycles. The first kappa shape index (κ1) is 9.57. The molecule has 0 saturated carbocycles. The molecule has 1 aliphatic carbocycles. The molecule has 1 aliphatic rings. The maximum Gasteiger partial charge on any atom is -0.0285 e. The van der Waals surface area contributed by atoms with E-state index in [2.05, 4.69) is 32.4 Å². The highest BCUT2D eigenvalue weighted by molar-refractivity contribution is 5.10. The van der Waals surface area contributed by atoms with Gasteiger partial charge in [0.2, 0.25) is 0 Å². The monoisotopic (exact) mass is 163 g/mol. The summed E-state index contributed by atoms with van der Waals surface area (Å²) in [6.45, 7) is 4.34. The summed E-state index contributed by atoms with van der Waals surface area (Å²) < 4.78 is 0. The third kappa shape index (κ3) is 3.75. The summed E-state index contributed by atoms with van der Waals surface area (Å²) in [5.41, 5.74) is 3.08. The Labute approximate surface area is 76.4 Å². The van der Waals surface area contributed by atoms with Crippen molar-refractivity contribution in [2.24, 2.45) is 0 Å². The van der Waals surface area contributed by atoms with Gasteiger partial charge in [-0.05, 0) is 52.4 Å². The molecule has 0 saturated heterocycles. The van der Waals surface area contributed by atoms with Gasteiger partial charge < -0.3 is 0 Å². The fourth-order valence-corrected chi connectivity index (χ4v) is 1.53. The van der Waals surface area contributed by atoms with Crippen LogP contribution in [0.1, 0.15) is 46.0 Å². The van der Waals surface area contributed by atoms with Crippen LogP contribution in [0.25, 0.3) is 0 Å². The van der Waals surface area contributed by atoms with Crippen LogP contribution in [0.3, 0.4) is 0 Å². The average molecular weight is 163 g/mol. The molecule has 0 heterocycles. The van der Waals surface area contributed by atoms with E-state index in [0.29, 0.717) is 0 Å². The van der Waals surface area contributed by atoms with Gasteiger partial charge in [-0.1, -0.05) is 23.3 Å². The first-order chi connectivity index (χ1) is 5.79. The van der Waals surface area contributed by atoms with Crippen molar-refractivity contribution in [3.63, 3.8) is 0 Å². The van der Waals surface area contributed by atoms with Crippen molar-refractivity contribution < 1.29 is 0 Å². The second-order valence-electron chi connectivity index (χ2n) is 3.75. The molecule has 0 fully saturated rings. The quantitative estimate of drug-likeness (QED) is 0.551. The van der Waals surface area contributed by atoms with E-state index >= 15 is 0 Å². The summed E-state index contributed by atoms with van der Waals surface area (Å²) in [5, 5.41) is 0. The fourth-order valence-electron chi connectivity index (χ4n) is 1.53. The third-order valence-electron chi connectivity index (χ3n) is 2.23. The molecule has 0 aromatic rings. The number of hydrogen-bond donors (Lipinski definition) is 0. The Kier molecular flexibility index (Phi) is 4.13. The van der Waals surface area contributed by atoms with E-state index < -0.39 is 0 Å². The van der Waals surface area contributed by atoms with Crippen LogP contribution in [0.5, 0.6) is 0 Å². The molecular formula is C12H19. The minimum atomic E-state index is 1.22. The lowest BCUT2D eigenvalue weighted by Crippen LogP contribution is -1.91. The van der Waals surface area contributed by atoms with E-state index in [1.807, 2.05) is 0 Å². The molecule has 1 radical (unpaired) electrons. The zero-order valence-corrected chi connectivity index (χ0v) is 8.27. The molecule has 0 aromatic heterocycles. The van der Waals surface area contributed by atoms with Crippen LogP contribution in [-0.2, 0) is 0 Å². The molecule has 0 N–H and O–H groups in total. The highest BCUT2D eigenvalue weighted by Crippen LogP contribution is 2.20. The van der Waals surface area contributed by atoms with Crippen molar-refractivity contribution in [3.05, 3.63) is 29.7 Å². The molecule has 0 spiro atoms. The smallest absolute Gasteiger partial charge is 0.0285 e. The Morgan fingerprint density at radius 3 is 2.83 bits per heavy atom. The summed E-state index contributed by atoms with van der Waals surface area (Å²) in [6, 6.07) is 0. The lowest BCUT2D eigenvalue weighted by atomic mass is 9.96. The molecule has 0 bridgehead atoms. The van der Waals surface area contributed by atoms with Crippen molar-refractivity contribution in [3.8, 4) is 0 Å². The molecule has 67 valence electrons. The van der Waals surface area contributed by atoms with Crippen molar-refractivity contribution in [1.29, 1.82) is 0 Å². The predicted octanol–water partition coefficient (Wildman–Crippen LogP) is 4.05. The van der Waals surface area contributed by atoms with Crippen LogP contribution in [0.2, 0.25) is 0 Å². The van der Waals surface area contributed by atoms with Crippen LogP contribution >= 0.6 is 0 Å². The highest BCUT2D eigenvalue weighted by atomic mass is 14.1. The molecule has 0 atom stereocenters. The SMILES string of the molecule is CC(C)=CCCC1=CCC[CH]C1. The first-order valence-electron chi connectivity index (χ1n) is 4.92. The van der Waals surface area contributed by atoms with Crippen LogP contribution in [-0.4, -0.2) is 0 Å².